The third-order valence-electron chi connectivity index (χ3n) is 5.08. The second-order valence-electron chi connectivity index (χ2n) is 7.25. The molecule has 2 aliphatic heterocycles. The molecule has 2 fully saturated rings. The van der Waals surface area contributed by atoms with Gasteiger partial charge in [-0.05, 0) is 6.07 Å². The van der Waals surface area contributed by atoms with Crippen molar-refractivity contribution in [2.45, 2.75) is 55.6 Å². The number of phosphoric ester groups is 1. The summed E-state index contributed by atoms with van der Waals surface area (Å²) >= 11 is 0. The molecule has 7 N–H and O–H groups in total. The summed E-state index contributed by atoms with van der Waals surface area (Å²) in [4.78, 5) is 25.5. The first-order valence-electron chi connectivity index (χ1n) is 9.55. The van der Waals surface area contributed by atoms with E-state index in [-0.39, 0.29) is 12.2 Å². The molecule has 2 aliphatic rings. The second kappa shape index (κ2) is 10.2. The number of aliphatic hydroxyl groups excluding tert-OH is 4. The molecule has 182 valence electrons. The Bertz CT molecular complexity index is 884. The Balaban J connectivity index is 1.61. The number of hydrogen-bond acceptors (Lipinski definition) is 13. The van der Waals surface area contributed by atoms with Gasteiger partial charge in [-0.1, -0.05) is 0 Å². The van der Waals surface area contributed by atoms with Gasteiger partial charge in [0, 0.05) is 19.7 Å². The van der Waals surface area contributed by atoms with Crippen molar-refractivity contribution >= 4 is 13.6 Å². The fourth-order valence-corrected chi connectivity index (χ4v) is 4.37. The van der Waals surface area contributed by atoms with Crippen LogP contribution < -0.4 is 11.4 Å². The van der Waals surface area contributed by atoms with Gasteiger partial charge in [0.1, 0.15) is 42.6 Å². The van der Waals surface area contributed by atoms with E-state index < -0.39 is 75.9 Å². The number of ether oxygens (including phenoxy) is 3. The number of hydrogen-bond donors (Lipinski definition) is 6. The van der Waals surface area contributed by atoms with Gasteiger partial charge in [-0.3, -0.25) is 13.6 Å². The first kappa shape index (κ1) is 25.1. The quantitative estimate of drug-likeness (QED) is 0.204. The SMILES string of the molecule is CO[C@H]1O[C@H](CO)[C@@H](OP(=O)(O)OC[C@H]2O[C@@H](n3ccc(N)nc3=O)C[C@@H]2O)[C@H](O)[C@H]1O. The third kappa shape index (κ3) is 5.52. The van der Waals surface area contributed by atoms with Gasteiger partial charge in [0.05, 0.1) is 19.3 Å². The van der Waals surface area contributed by atoms with Crippen LogP contribution in [0.15, 0.2) is 17.1 Å². The van der Waals surface area contributed by atoms with Crippen molar-refractivity contribution in [3.63, 3.8) is 0 Å². The summed E-state index contributed by atoms with van der Waals surface area (Å²) in [6.45, 7) is -1.33. The molecular weight excluding hydrogens is 457 g/mol. The van der Waals surface area contributed by atoms with Crippen molar-refractivity contribution in [2.24, 2.45) is 0 Å². The number of rotatable bonds is 8. The van der Waals surface area contributed by atoms with E-state index >= 15 is 0 Å². The van der Waals surface area contributed by atoms with Crippen molar-refractivity contribution in [3.8, 4) is 0 Å². The van der Waals surface area contributed by atoms with Crippen molar-refractivity contribution in [2.75, 3.05) is 26.1 Å². The fourth-order valence-electron chi connectivity index (χ4n) is 3.41. The van der Waals surface area contributed by atoms with E-state index in [0.717, 1.165) is 4.57 Å². The zero-order chi connectivity index (χ0) is 23.6. The predicted octanol–water partition coefficient (Wildman–Crippen LogP) is -2.94. The van der Waals surface area contributed by atoms with E-state index in [4.69, 9.17) is 29.0 Å². The summed E-state index contributed by atoms with van der Waals surface area (Å²) in [5.74, 6) is 0.0139. The minimum atomic E-state index is -4.88. The summed E-state index contributed by atoms with van der Waals surface area (Å²) in [6, 6.07) is 1.37. The topological polar surface area (TPSA) is 225 Å². The molecule has 0 aliphatic carbocycles. The molecule has 2 saturated heterocycles. The highest BCUT2D eigenvalue weighted by molar-refractivity contribution is 7.47. The highest BCUT2D eigenvalue weighted by Crippen LogP contribution is 2.47. The molecule has 16 heteroatoms. The molecular formula is C16H26N3O12P. The van der Waals surface area contributed by atoms with Crippen LogP contribution in [0.1, 0.15) is 12.6 Å². The number of nitrogen functional groups attached to an aromatic ring is 1. The van der Waals surface area contributed by atoms with Crippen molar-refractivity contribution in [1.29, 1.82) is 0 Å². The van der Waals surface area contributed by atoms with E-state index in [1.165, 1.54) is 19.4 Å². The van der Waals surface area contributed by atoms with Gasteiger partial charge in [-0.25, -0.2) is 9.36 Å². The van der Waals surface area contributed by atoms with Gasteiger partial charge in [-0.15, -0.1) is 0 Å². The highest BCUT2D eigenvalue weighted by atomic mass is 31.2. The summed E-state index contributed by atoms with van der Waals surface area (Å²) in [5, 5.41) is 39.8. The Morgan fingerprint density at radius 2 is 2.00 bits per heavy atom. The van der Waals surface area contributed by atoms with Crippen LogP contribution in [0.25, 0.3) is 0 Å². The third-order valence-corrected chi connectivity index (χ3v) is 6.06. The number of nitrogens with two attached hydrogens (primary N) is 1. The van der Waals surface area contributed by atoms with Crippen LogP contribution in [0, 0.1) is 0 Å². The van der Waals surface area contributed by atoms with E-state index in [1.807, 2.05) is 0 Å². The lowest BCUT2D eigenvalue weighted by Gasteiger charge is -2.41. The zero-order valence-corrected chi connectivity index (χ0v) is 17.8. The summed E-state index contributed by atoms with van der Waals surface area (Å²) in [7, 11) is -3.68. The van der Waals surface area contributed by atoms with Crippen molar-refractivity contribution in [1.82, 2.24) is 9.55 Å². The smallest absolute Gasteiger partial charge is 0.394 e. The summed E-state index contributed by atoms with van der Waals surface area (Å²) in [6.07, 6.45) is -9.42. The van der Waals surface area contributed by atoms with Crippen LogP contribution in [0.4, 0.5) is 5.82 Å². The maximum atomic E-state index is 12.4. The summed E-state index contributed by atoms with van der Waals surface area (Å²) in [5.41, 5.74) is 4.73. The van der Waals surface area contributed by atoms with Gasteiger partial charge in [0.2, 0.25) is 0 Å². The van der Waals surface area contributed by atoms with E-state index in [1.54, 1.807) is 0 Å². The molecule has 0 aromatic carbocycles. The van der Waals surface area contributed by atoms with Gasteiger partial charge >= 0.3 is 13.5 Å². The average molecular weight is 483 g/mol. The Morgan fingerprint density at radius 1 is 1.28 bits per heavy atom. The molecule has 1 aromatic heterocycles. The molecule has 32 heavy (non-hydrogen) atoms. The van der Waals surface area contributed by atoms with E-state index in [9.17, 15) is 34.7 Å². The molecule has 1 aromatic rings. The Kier molecular flexibility index (Phi) is 8.01. The Morgan fingerprint density at radius 3 is 2.62 bits per heavy atom. The summed E-state index contributed by atoms with van der Waals surface area (Å²) < 4.78 is 38.8. The van der Waals surface area contributed by atoms with Crippen molar-refractivity contribution < 1.29 is 53.1 Å². The minimum Gasteiger partial charge on any atom is -0.394 e. The molecule has 0 radical (unpaired) electrons. The first-order chi connectivity index (χ1) is 15.1. The molecule has 0 saturated carbocycles. The minimum absolute atomic E-state index is 0.0139. The Labute approximate surface area is 181 Å². The van der Waals surface area contributed by atoms with Crippen LogP contribution in [0.3, 0.4) is 0 Å². The molecule has 3 rings (SSSR count). The maximum absolute atomic E-state index is 12.4. The normalized spacial score (nSPS) is 37.3. The van der Waals surface area contributed by atoms with E-state index in [2.05, 4.69) is 4.98 Å². The van der Waals surface area contributed by atoms with Gasteiger partial charge in [0.15, 0.2) is 6.29 Å². The van der Waals surface area contributed by atoms with Gasteiger partial charge < -0.3 is 45.3 Å². The standard InChI is InChI=1S/C16H26N3O12P/c1-27-15-13(23)12(22)14(8(5-20)30-15)31-32(25,26)28-6-9-7(21)4-11(29-9)19-3-2-10(17)18-16(19)24/h2-3,7-9,11-15,20-23H,4-6H2,1H3,(H,25,26)(H2,17,18,24)/t7-,8+,9+,11+,12+,13+,14+,15-/m0/s1. The molecule has 1 unspecified atom stereocenters. The molecule has 0 spiro atoms. The molecule has 0 bridgehead atoms. The zero-order valence-electron chi connectivity index (χ0n) is 16.9. The molecule has 9 atom stereocenters. The van der Waals surface area contributed by atoms with Crippen LogP contribution in [-0.4, -0.2) is 98.1 Å². The van der Waals surface area contributed by atoms with Crippen molar-refractivity contribution in [3.05, 3.63) is 22.7 Å². The predicted molar refractivity (Wildman–Crippen MR) is 103 cm³/mol. The first-order valence-corrected chi connectivity index (χ1v) is 11.0. The number of aromatic nitrogens is 2. The largest absolute Gasteiger partial charge is 0.472 e. The number of aliphatic hydroxyl groups is 4. The molecule has 0 amide bonds. The van der Waals surface area contributed by atoms with E-state index in [0.29, 0.717) is 0 Å². The van der Waals surface area contributed by atoms with Gasteiger partial charge in [-0.2, -0.15) is 4.98 Å². The second-order valence-corrected chi connectivity index (χ2v) is 8.66. The van der Waals surface area contributed by atoms with Crippen LogP contribution in [0.2, 0.25) is 0 Å². The number of methoxy groups -OCH3 is 1. The van der Waals surface area contributed by atoms with Crippen LogP contribution in [0.5, 0.6) is 0 Å². The lowest BCUT2D eigenvalue weighted by atomic mass is 9.99. The number of nitrogens with zero attached hydrogens (tertiary/aromatic N) is 2. The van der Waals surface area contributed by atoms with Gasteiger partial charge in [0.25, 0.3) is 0 Å². The monoisotopic (exact) mass is 483 g/mol. The Hall–Kier alpha value is -1.49. The number of anilines is 1. The number of phosphoric acid groups is 1. The van der Waals surface area contributed by atoms with Crippen LogP contribution >= 0.6 is 7.82 Å². The lowest BCUT2D eigenvalue weighted by molar-refractivity contribution is -0.291. The lowest BCUT2D eigenvalue weighted by Crippen LogP contribution is -2.59. The van der Waals surface area contributed by atoms with Crippen LogP contribution in [-0.2, 0) is 27.8 Å². The average Bonchev–Trinajstić information content (AvgIpc) is 3.10. The highest BCUT2D eigenvalue weighted by Gasteiger charge is 2.48. The molecule has 15 nitrogen and oxygen atoms in total. The molecule has 3 heterocycles. The maximum Gasteiger partial charge on any atom is 0.472 e. The fraction of sp³-hybridized carbons (Fsp3) is 0.750.